The van der Waals surface area contributed by atoms with Crippen LogP contribution in [0.3, 0.4) is 0 Å². The predicted molar refractivity (Wildman–Crippen MR) is 57.5 cm³/mol. The van der Waals surface area contributed by atoms with Gasteiger partial charge in [0.05, 0.1) is 16.5 Å². The van der Waals surface area contributed by atoms with E-state index in [0.717, 1.165) is 0 Å². The maximum Gasteiger partial charge on any atom is 0.282 e. The maximum absolute atomic E-state index is 11.0. The van der Waals surface area contributed by atoms with Gasteiger partial charge in [0.1, 0.15) is 11.3 Å². The van der Waals surface area contributed by atoms with Gasteiger partial charge in [-0.15, -0.1) is 0 Å². The van der Waals surface area contributed by atoms with Crippen molar-refractivity contribution in [3.05, 3.63) is 32.3 Å². The Bertz CT molecular complexity index is 435. The van der Waals surface area contributed by atoms with E-state index in [2.05, 4.69) is 15.9 Å². The van der Waals surface area contributed by atoms with E-state index < -0.39 is 10.2 Å². The molecule has 5 nitrogen and oxygen atoms in total. The highest BCUT2D eigenvalue weighted by Gasteiger charge is 2.24. The fraction of sp³-hybridized carbons (Fsp3) is 0.125. The number of halogens is 2. The Balaban J connectivity index is 3.51. The highest BCUT2D eigenvalue weighted by molar-refractivity contribution is 9.10. The van der Waals surface area contributed by atoms with Crippen molar-refractivity contribution in [1.29, 1.82) is 0 Å². The molecule has 0 radical (unpaired) electrons. The van der Waals surface area contributed by atoms with Crippen LogP contribution in [0.2, 0.25) is 0 Å². The number of hydrogen-bond acceptors (Lipinski definition) is 4. The monoisotopic (exact) mass is 293 g/mol. The lowest BCUT2D eigenvalue weighted by atomic mass is 10.2. The molecule has 0 aliphatic carbocycles. The number of benzene rings is 1. The van der Waals surface area contributed by atoms with Gasteiger partial charge in [0.25, 0.3) is 10.9 Å². The lowest BCUT2D eigenvalue weighted by molar-refractivity contribution is -0.385. The molecule has 0 N–H and O–H groups in total. The van der Waals surface area contributed by atoms with Crippen LogP contribution in [0.4, 0.5) is 5.69 Å². The van der Waals surface area contributed by atoms with Gasteiger partial charge in [0.2, 0.25) is 0 Å². The van der Waals surface area contributed by atoms with Crippen molar-refractivity contribution in [3.8, 4) is 5.75 Å². The van der Waals surface area contributed by atoms with Crippen LogP contribution in [0.25, 0.3) is 0 Å². The smallest absolute Gasteiger partial charge is 0.282 e. The van der Waals surface area contributed by atoms with E-state index in [9.17, 15) is 14.9 Å². The molecular formula is C8H5BrClNO4. The van der Waals surface area contributed by atoms with Crippen LogP contribution in [-0.4, -0.2) is 17.3 Å². The van der Waals surface area contributed by atoms with E-state index in [0.29, 0.717) is 5.75 Å². The molecule has 1 aromatic carbocycles. The summed E-state index contributed by atoms with van der Waals surface area (Å²) in [4.78, 5) is 21.0. The first-order chi connectivity index (χ1) is 6.99. The van der Waals surface area contributed by atoms with Crippen molar-refractivity contribution in [3.63, 3.8) is 0 Å². The molecule has 0 amide bonds. The summed E-state index contributed by atoms with van der Waals surface area (Å²) >= 11 is 8.28. The summed E-state index contributed by atoms with van der Waals surface area (Å²) in [5.74, 6) is 0.310. The molecule has 0 aliphatic rings. The van der Waals surface area contributed by atoms with Gasteiger partial charge in [-0.1, -0.05) is 0 Å². The molecule has 0 heterocycles. The number of methoxy groups -OCH3 is 1. The third kappa shape index (κ3) is 2.27. The average molecular weight is 294 g/mol. The Morgan fingerprint density at radius 2 is 2.20 bits per heavy atom. The molecule has 0 saturated heterocycles. The van der Waals surface area contributed by atoms with Gasteiger partial charge in [0.15, 0.2) is 0 Å². The number of rotatable bonds is 3. The summed E-state index contributed by atoms with van der Waals surface area (Å²) in [6, 6.07) is 2.55. The second-order valence-corrected chi connectivity index (χ2v) is 3.64. The molecule has 0 saturated carbocycles. The van der Waals surface area contributed by atoms with Crippen LogP contribution in [0, 0.1) is 10.1 Å². The summed E-state index contributed by atoms with van der Waals surface area (Å²) in [6.07, 6.45) is 0. The van der Waals surface area contributed by atoms with Crippen LogP contribution in [0.1, 0.15) is 10.4 Å². The summed E-state index contributed by atoms with van der Waals surface area (Å²) < 4.78 is 5.07. The third-order valence-corrected chi connectivity index (χ3v) is 2.67. The summed E-state index contributed by atoms with van der Waals surface area (Å²) in [5.41, 5.74) is -0.566. The number of carbonyl (C=O) groups is 1. The zero-order valence-electron chi connectivity index (χ0n) is 7.49. The fourth-order valence-corrected chi connectivity index (χ4v) is 2.03. The van der Waals surface area contributed by atoms with Crippen molar-refractivity contribution in [2.75, 3.05) is 7.11 Å². The van der Waals surface area contributed by atoms with E-state index in [-0.39, 0.29) is 15.7 Å². The maximum atomic E-state index is 11.0. The third-order valence-electron chi connectivity index (χ3n) is 1.70. The van der Waals surface area contributed by atoms with E-state index in [1.54, 1.807) is 0 Å². The summed E-state index contributed by atoms with van der Waals surface area (Å²) in [6.45, 7) is 0. The van der Waals surface area contributed by atoms with Crippen LogP contribution in [0.15, 0.2) is 16.6 Å². The molecule has 0 aliphatic heterocycles. The Morgan fingerprint density at radius 3 is 2.60 bits per heavy atom. The largest absolute Gasteiger partial charge is 0.496 e. The Labute approximate surface area is 98.3 Å². The first kappa shape index (κ1) is 11.9. The lowest BCUT2D eigenvalue weighted by Gasteiger charge is -2.06. The molecule has 15 heavy (non-hydrogen) atoms. The molecule has 0 fully saturated rings. The van der Waals surface area contributed by atoms with Gasteiger partial charge in [-0.3, -0.25) is 14.9 Å². The van der Waals surface area contributed by atoms with Gasteiger partial charge in [-0.2, -0.15) is 0 Å². The first-order valence-corrected chi connectivity index (χ1v) is 4.86. The molecule has 0 atom stereocenters. The van der Waals surface area contributed by atoms with Crippen LogP contribution >= 0.6 is 27.5 Å². The average Bonchev–Trinajstić information content (AvgIpc) is 2.16. The minimum Gasteiger partial charge on any atom is -0.496 e. The second-order valence-electron chi connectivity index (χ2n) is 2.51. The highest BCUT2D eigenvalue weighted by atomic mass is 79.9. The molecule has 0 aromatic heterocycles. The number of hydrogen-bond donors (Lipinski definition) is 0. The number of ether oxygens (including phenoxy) is 1. The predicted octanol–water partition coefficient (Wildman–Crippen LogP) is 2.74. The van der Waals surface area contributed by atoms with Crippen molar-refractivity contribution in [2.45, 2.75) is 0 Å². The lowest BCUT2D eigenvalue weighted by Crippen LogP contribution is -2.01. The quantitative estimate of drug-likeness (QED) is 0.488. The molecule has 0 bridgehead atoms. The summed E-state index contributed by atoms with van der Waals surface area (Å²) in [5, 5.41) is 9.70. The molecule has 0 unspecified atom stereocenters. The number of carbonyl (C=O) groups excluding carboxylic acids is 1. The fourth-order valence-electron chi connectivity index (χ4n) is 1.04. The van der Waals surface area contributed by atoms with E-state index in [4.69, 9.17) is 16.3 Å². The normalized spacial score (nSPS) is 9.80. The Hall–Kier alpha value is -1.14. The number of nitro benzene ring substituents is 1. The van der Waals surface area contributed by atoms with Gasteiger partial charge in [0, 0.05) is 6.07 Å². The minimum absolute atomic E-state index is 0.180. The molecule has 1 rings (SSSR count). The zero-order valence-corrected chi connectivity index (χ0v) is 9.83. The Morgan fingerprint density at radius 1 is 1.60 bits per heavy atom. The highest BCUT2D eigenvalue weighted by Crippen LogP contribution is 2.35. The van der Waals surface area contributed by atoms with Crippen molar-refractivity contribution in [1.82, 2.24) is 0 Å². The van der Waals surface area contributed by atoms with Crippen LogP contribution in [0.5, 0.6) is 5.75 Å². The molecule has 1 aromatic rings. The van der Waals surface area contributed by atoms with E-state index in [1.165, 1.54) is 19.2 Å². The van der Waals surface area contributed by atoms with Gasteiger partial charge in [-0.05, 0) is 33.6 Å². The van der Waals surface area contributed by atoms with Gasteiger partial charge >= 0.3 is 0 Å². The van der Waals surface area contributed by atoms with E-state index >= 15 is 0 Å². The second kappa shape index (κ2) is 4.59. The first-order valence-electron chi connectivity index (χ1n) is 3.69. The zero-order chi connectivity index (χ0) is 11.6. The summed E-state index contributed by atoms with van der Waals surface area (Å²) in [7, 11) is 1.38. The standard InChI is InChI=1S/C8H5BrClNO4/c1-15-5-3-2-4(11(13)14)6(7(5)9)8(10)12/h2-3H,1H3. The van der Waals surface area contributed by atoms with Crippen molar-refractivity contribution >= 4 is 38.5 Å². The minimum atomic E-state index is -0.910. The van der Waals surface area contributed by atoms with Crippen LogP contribution in [-0.2, 0) is 0 Å². The van der Waals surface area contributed by atoms with E-state index in [1.807, 2.05) is 0 Å². The Kier molecular flexibility index (Phi) is 3.65. The topological polar surface area (TPSA) is 69.4 Å². The van der Waals surface area contributed by atoms with Crippen LogP contribution < -0.4 is 4.74 Å². The molecule has 80 valence electrons. The molecule has 0 spiro atoms. The van der Waals surface area contributed by atoms with Crippen molar-refractivity contribution < 1.29 is 14.5 Å². The molecule has 7 heteroatoms. The van der Waals surface area contributed by atoms with Gasteiger partial charge in [-0.25, -0.2) is 0 Å². The SMILES string of the molecule is COc1ccc([N+](=O)[O-])c(C(=O)Cl)c1Br. The number of nitrogens with zero attached hydrogens (tertiary/aromatic N) is 1. The number of nitro groups is 1. The van der Waals surface area contributed by atoms with Crippen molar-refractivity contribution in [2.24, 2.45) is 0 Å². The molecular weight excluding hydrogens is 289 g/mol. The van der Waals surface area contributed by atoms with Gasteiger partial charge < -0.3 is 4.74 Å².